The molecule has 10 heavy (non-hydrogen) atoms. The molecule has 5 heteroatoms. The Morgan fingerprint density at radius 3 is 2.50 bits per heavy atom. The summed E-state index contributed by atoms with van der Waals surface area (Å²) < 4.78 is 0. The van der Waals surface area contributed by atoms with Gasteiger partial charge in [-0.25, -0.2) is 9.98 Å². The van der Waals surface area contributed by atoms with Gasteiger partial charge >= 0.3 is 5.97 Å². The SMILES string of the molecule is NC1(CC(=O)O)N=CC=N1. The highest BCUT2D eigenvalue weighted by atomic mass is 16.4. The van der Waals surface area contributed by atoms with E-state index in [2.05, 4.69) is 9.98 Å². The second-order valence-corrected chi connectivity index (χ2v) is 2.01. The number of carbonyl (C=O) groups is 1. The van der Waals surface area contributed by atoms with Gasteiger partial charge in [-0.3, -0.25) is 10.5 Å². The fraction of sp³-hybridized carbons (Fsp3) is 0.400. The minimum atomic E-state index is -1.24. The van der Waals surface area contributed by atoms with Gasteiger partial charge < -0.3 is 5.11 Å². The van der Waals surface area contributed by atoms with Crippen LogP contribution in [0.2, 0.25) is 0 Å². The summed E-state index contributed by atoms with van der Waals surface area (Å²) in [4.78, 5) is 17.4. The molecule has 0 fully saturated rings. The quantitative estimate of drug-likeness (QED) is 0.529. The second-order valence-electron chi connectivity index (χ2n) is 2.01. The van der Waals surface area contributed by atoms with Crippen LogP contribution in [0.25, 0.3) is 0 Å². The molecule has 0 saturated carbocycles. The first-order valence-corrected chi connectivity index (χ1v) is 2.72. The first-order chi connectivity index (χ1) is 4.62. The van der Waals surface area contributed by atoms with E-state index in [1.165, 1.54) is 12.4 Å². The third kappa shape index (κ3) is 1.38. The van der Waals surface area contributed by atoms with E-state index in [0.717, 1.165) is 0 Å². The van der Waals surface area contributed by atoms with Crippen LogP contribution in [0.1, 0.15) is 6.42 Å². The molecular weight excluding hydrogens is 134 g/mol. The van der Waals surface area contributed by atoms with E-state index in [1.54, 1.807) is 0 Å². The number of hydrogen-bond donors (Lipinski definition) is 2. The standard InChI is InChI=1S/C5H7N3O2/c6-5(3-4(9)10)7-1-2-8-5/h1-2H,3,6H2,(H,9,10). The molecule has 0 aromatic carbocycles. The highest BCUT2D eigenvalue weighted by Crippen LogP contribution is 2.11. The van der Waals surface area contributed by atoms with Gasteiger partial charge in [-0.1, -0.05) is 0 Å². The molecule has 0 amide bonds. The molecule has 1 rings (SSSR count). The predicted molar refractivity (Wildman–Crippen MR) is 36.2 cm³/mol. The van der Waals surface area contributed by atoms with Crippen LogP contribution in [-0.4, -0.2) is 29.3 Å². The molecule has 0 unspecified atom stereocenters. The topological polar surface area (TPSA) is 88.0 Å². The highest BCUT2D eigenvalue weighted by Gasteiger charge is 2.26. The summed E-state index contributed by atoms with van der Waals surface area (Å²) in [5, 5.41) is 8.31. The zero-order chi connectivity index (χ0) is 7.61. The Labute approximate surface area is 57.3 Å². The van der Waals surface area contributed by atoms with Crippen molar-refractivity contribution in [1.82, 2.24) is 0 Å². The van der Waals surface area contributed by atoms with E-state index in [1.807, 2.05) is 0 Å². The molecule has 1 aliphatic heterocycles. The lowest BCUT2D eigenvalue weighted by Gasteiger charge is -2.12. The van der Waals surface area contributed by atoms with E-state index in [9.17, 15) is 4.79 Å². The highest BCUT2D eigenvalue weighted by molar-refractivity contribution is 6.17. The smallest absolute Gasteiger partial charge is 0.309 e. The predicted octanol–water partition coefficient (Wildman–Crippen LogP) is -0.771. The molecule has 5 nitrogen and oxygen atoms in total. The molecule has 0 atom stereocenters. The Morgan fingerprint density at radius 2 is 2.10 bits per heavy atom. The van der Waals surface area contributed by atoms with E-state index < -0.39 is 11.8 Å². The lowest BCUT2D eigenvalue weighted by Crippen LogP contribution is -2.36. The average Bonchev–Trinajstić information content (AvgIpc) is 2.12. The molecule has 1 aliphatic rings. The van der Waals surface area contributed by atoms with E-state index in [4.69, 9.17) is 10.8 Å². The van der Waals surface area contributed by atoms with Crippen LogP contribution in [0.4, 0.5) is 0 Å². The van der Waals surface area contributed by atoms with Crippen molar-refractivity contribution >= 4 is 18.4 Å². The largest absolute Gasteiger partial charge is 0.481 e. The molecular formula is C5H7N3O2. The van der Waals surface area contributed by atoms with E-state index in [-0.39, 0.29) is 6.42 Å². The molecule has 0 saturated heterocycles. The van der Waals surface area contributed by atoms with E-state index in [0.29, 0.717) is 0 Å². The van der Waals surface area contributed by atoms with Crippen LogP contribution in [0, 0.1) is 0 Å². The summed E-state index contributed by atoms with van der Waals surface area (Å²) in [6.07, 6.45) is 2.52. The minimum absolute atomic E-state index is 0.264. The van der Waals surface area contributed by atoms with Crippen molar-refractivity contribution < 1.29 is 9.90 Å². The number of nitrogens with two attached hydrogens (primary N) is 1. The normalized spacial score (nSPS) is 19.7. The first-order valence-electron chi connectivity index (χ1n) is 2.72. The zero-order valence-corrected chi connectivity index (χ0v) is 5.19. The molecule has 1 heterocycles. The summed E-state index contributed by atoms with van der Waals surface area (Å²) in [6.45, 7) is 0. The molecule has 54 valence electrons. The fourth-order valence-electron chi connectivity index (χ4n) is 0.672. The number of aliphatic carboxylic acids is 1. The summed E-state index contributed by atoms with van der Waals surface area (Å²) >= 11 is 0. The molecule has 0 radical (unpaired) electrons. The number of carboxylic acid groups (broad SMARTS) is 1. The van der Waals surface area contributed by atoms with Gasteiger partial charge in [-0.05, 0) is 0 Å². The third-order valence-corrected chi connectivity index (χ3v) is 1.07. The Kier molecular flexibility index (Phi) is 1.50. The van der Waals surface area contributed by atoms with Gasteiger partial charge in [0.1, 0.15) is 6.42 Å². The number of carboxylic acids is 1. The van der Waals surface area contributed by atoms with Gasteiger partial charge in [0.05, 0.1) is 0 Å². The minimum Gasteiger partial charge on any atom is -0.481 e. The zero-order valence-electron chi connectivity index (χ0n) is 5.19. The molecule has 0 aliphatic carbocycles. The van der Waals surface area contributed by atoms with Gasteiger partial charge in [-0.2, -0.15) is 0 Å². The van der Waals surface area contributed by atoms with Gasteiger partial charge in [-0.15, -0.1) is 0 Å². The van der Waals surface area contributed by atoms with Gasteiger partial charge in [0.25, 0.3) is 0 Å². The Morgan fingerprint density at radius 1 is 1.60 bits per heavy atom. The number of rotatable bonds is 2. The molecule has 3 N–H and O–H groups in total. The molecule has 0 bridgehead atoms. The van der Waals surface area contributed by atoms with Crippen LogP contribution in [0.15, 0.2) is 9.98 Å². The van der Waals surface area contributed by atoms with Gasteiger partial charge in [0, 0.05) is 12.4 Å². The van der Waals surface area contributed by atoms with Crippen molar-refractivity contribution in [1.29, 1.82) is 0 Å². The Bertz CT molecular complexity index is 197. The van der Waals surface area contributed by atoms with E-state index >= 15 is 0 Å². The maximum atomic E-state index is 10.1. The van der Waals surface area contributed by atoms with Crippen LogP contribution in [0.3, 0.4) is 0 Å². The maximum Gasteiger partial charge on any atom is 0.309 e. The average molecular weight is 141 g/mol. The molecule has 0 aromatic rings. The Hall–Kier alpha value is -1.23. The van der Waals surface area contributed by atoms with Gasteiger partial charge in [0.15, 0.2) is 0 Å². The number of nitrogens with zero attached hydrogens (tertiary/aromatic N) is 2. The van der Waals surface area contributed by atoms with Crippen molar-refractivity contribution in [2.75, 3.05) is 0 Å². The number of hydrogen-bond acceptors (Lipinski definition) is 4. The summed E-state index contributed by atoms with van der Waals surface area (Å²) in [6, 6.07) is 0. The lowest BCUT2D eigenvalue weighted by atomic mass is 10.3. The van der Waals surface area contributed by atoms with Crippen molar-refractivity contribution in [2.24, 2.45) is 15.7 Å². The Balaban J connectivity index is 2.62. The summed E-state index contributed by atoms with van der Waals surface area (Å²) in [5.74, 6) is -2.25. The van der Waals surface area contributed by atoms with Crippen LogP contribution in [-0.2, 0) is 4.79 Å². The van der Waals surface area contributed by atoms with Crippen molar-refractivity contribution in [3.8, 4) is 0 Å². The number of aliphatic imine (C=N–C) groups is 2. The first kappa shape index (κ1) is 6.88. The monoisotopic (exact) mass is 141 g/mol. The van der Waals surface area contributed by atoms with Crippen LogP contribution >= 0.6 is 0 Å². The van der Waals surface area contributed by atoms with Crippen molar-refractivity contribution in [3.63, 3.8) is 0 Å². The summed E-state index contributed by atoms with van der Waals surface area (Å²) in [5.41, 5.74) is 5.38. The van der Waals surface area contributed by atoms with Crippen molar-refractivity contribution in [2.45, 2.75) is 12.2 Å². The third-order valence-electron chi connectivity index (χ3n) is 1.07. The van der Waals surface area contributed by atoms with Gasteiger partial charge in [0.2, 0.25) is 5.79 Å². The second kappa shape index (κ2) is 2.18. The van der Waals surface area contributed by atoms with Crippen molar-refractivity contribution in [3.05, 3.63) is 0 Å². The van der Waals surface area contributed by atoms with Crippen LogP contribution in [0.5, 0.6) is 0 Å². The van der Waals surface area contributed by atoms with Crippen LogP contribution < -0.4 is 5.73 Å². The molecule has 0 aromatic heterocycles. The fourth-order valence-corrected chi connectivity index (χ4v) is 0.672. The maximum absolute atomic E-state index is 10.1. The molecule has 0 spiro atoms. The lowest BCUT2D eigenvalue weighted by molar-refractivity contribution is -0.138. The summed E-state index contributed by atoms with van der Waals surface area (Å²) in [7, 11) is 0.